The number of hydrazine groups is 1. The normalized spacial score (nSPS) is 22.4. The van der Waals surface area contributed by atoms with Gasteiger partial charge < -0.3 is 33.9 Å². The van der Waals surface area contributed by atoms with Crippen molar-refractivity contribution in [2.24, 2.45) is 17.3 Å². The van der Waals surface area contributed by atoms with Crippen molar-refractivity contribution >= 4 is 40.5 Å². The lowest BCUT2D eigenvalue weighted by atomic mass is 9.84. The Labute approximate surface area is 405 Å². The fourth-order valence-electron chi connectivity index (χ4n) is 10.3. The lowest BCUT2D eigenvalue weighted by Crippen LogP contribution is -2.62. The molecular formula is C54H67N7O8. The summed E-state index contributed by atoms with van der Waals surface area (Å²) in [6.07, 6.45) is 4.29. The van der Waals surface area contributed by atoms with Crippen LogP contribution in [-0.2, 0) is 57.6 Å². The molecule has 6 heterocycles. The lowest BCUT2D eigenvalue weighted by molar-refractivity contribution is -0.155. The Morgan fingerprint density at radius 3 is 2.54 bits per heavy atom. The summed E-state index contributed by atoms with van der Waals surface area (Å²) in [5.41, 5.74) is 10.4. The average Bonchev–Trinajstić information content (AvgIpc) is 3.94. The number of ether oxygens (including phenoxy) is 3. The molecule has 366 valence electrons. The number of amides is 4. The monoisotopic (exact) mass is 942 g/mol. The van der Waals surface area contributed by atoms with E-state index in [1.54, 1.807) is 25.3 Å². The highest BCUT2D eigenvalue weighted by Gasteiger charge is 2.40. The molecule has 8 rings (SSSR count). The van der Waals surface area contributed by atoms with Gasteiger partial charge in [-0.05, 0) is 97.9 Å². The molecule has 4 aliphatic heterocycles. The van der Waals surface area contributed by atoms with Gasteiger partial charge in [0.05, 0.1) is 36.6 Å². The van der Waals surface area contributed by atoms with Gasteiger partial charge in [0.2, 0.25) is 11.8 Å². The minimum atomic E-state index is -1.06. The van der Waals surface area contributed by atoms with E-state index in [9.17, 15) is 24.0 Å². The smallest absolute Gasteiger partial charge is 0.324 e. The predicted octanol–water partition coefficient (Wildman–Crippen LogP) is 5.87. The number of aromatic nitrogens is 2. The van der Waals surface area contributed by atoms with Crippen molar-refractivity contribution in [1.29, 1.82) is 0 Å². The van der Waals surface area contributed by atoms with E-state index in [-0.39, 0.29) is 49.5 Å². The van der Waals surface area contributed by atoms with Crippen molar-refractivity contribution in [2.75, 3.05) is 47.0 Å². The van der Waals surface area contributed by atoms with Crippen molar-refractivity contribution in [3.63, 3.8) is 0 Å². The summed E-state index contributed by atoms with van der Waals surface area (Å²) in [4.78, 5) is 78.2. The van der Waals surface area contributed by atoms with E-state index in [0.29, 0.717) is 51.9 Å². The molecule has 69 heavy (non-hydrogen) atoms. The van der Waals surface area contributed by atoms with Gasteiger partial charge in [0.15, 0.2) is 0 Å². The van der Waals surface area contributed by atoms with E-state index in [4.69, 9.17) is 19.2 Å². The average molecular weight is 942 g/mol. The van der Waals surface area contributed by atoms with Gasteiger partial charge in [-0.1, -0.05) is 63.9 Å². The number of carbonyl (C=O) groups is 5. The second kappa shape index (κ2) is 20.9. The Balaban J connectivity index is 1.13. The number of nitrogens with zero attached hydrogens (tertiary/aromatic N) is 5. The first-order valence-corrected chi connectivity index (χ1v) is 24.5. The number of likely N-dealkylation sites (N-methyl/N-ethyl adjacent to an activating group) is 1. The van der Waals surface area contributed by atoms with E-state index < -0.39 is 47.2 Å². The van der Waals surface area contributed by atoms with E-state index >= 15 is 0 Å². The molecule has 6 bridgehead atoms. The number of carbonyl (C=O) groups excluding carboxylic acids is 5. The number of nitrogens with one attached hydrogen (secondary N) is 2. The second-order valence-corrected chi connectivity index (χ2v) is 20.1. The number of benzene rings is 2. The number of likely N-dealkylation sites (tertiary alicyclic amines) is 1. The van der Waals surface area contributed by atoms with E-state index in [2.05, 4.69) is 84.3 Å². The molecule has 4 aromatic rings. The van der Waals surface area contributed by atoms with Crippen LogP contribution in [0.1, 0.15) is 90.2 Å². The maximum atomic E-state index is 14.8. The fourth-order valence-corrected chi connectivity index (χ4v) is 10.3. The molecule has 2 aromatic heterocycles. The molecule has 0 saturated carbocycles. The van der Waals surface area contributed by atoms with E-state index in [1.165, 1.54) is 9.91 Å². The maximum Gasteiger partial charge on any atom is 0.324 e. The van der Waals surface area contributed by atoms with Gasteiger partial charge >= 0.3 is 5.97 Å². The van der Waals surface area contributed by atoms with Crippen LogP contribution >= 0.6 is 0 Å². The van der Waals surface area contributed by atoms with Crippen LogP contribution in [0, 0.1) is 29.1 Å². The van der Waals surface area contributed by atoms with Crippen LogP contribution in [0.4, 0.5) is 0 Å². The fraction of sp³-hybridized carbons (Fsp3) is 0.519. The highest BCUT2D eigenvalue weighted by Crippen LogP contribution is 2.42. The van der Waals surface area contributed by atoms with Gasteiger partial charge in [0.25, 0.3) is 11.8 Å². The number of pyridine rings is 1. The van der Waals surface area contributed by atoms with Crippen molar-refractivity contribution in [2.45, 2.75) is 117 Å². The number of cyclic esters (lactones) is 1. The third-order valence-electron chi connectivity index (χ3n) is 14.2. The van der Waals surface area contributed by atoms with Gasteiger partial charge in [-0.15, -0.1) is 0 Å². The Kier molecular flexibility index (Phi) is 14.9. The zero-order valence-electron chi connectivity index (χ0n) is 41.3. The summed E-state index contributed by atoms with van der Waals surface area (Å²) < 4.78 is 19.6. The molecule has 6 atom stereocenters. The summed E-state index contributed by atoms with van der Waals surface area (Å²) in [5.74, 6) is 2.75. The highest BCUT2D eigenvalue weighted by atomic mass is 16.5. The minimum absolute atomic E-state index is 0.132. The first-order chi connectivity index (χ1) is 33.1. The number of rotatable bonds is 9. The molecule has 2 N–H and O–H groups in total. The number of hydrogen-bond acceptors (Lipinski definition) is 10. The SMILES string of the molecule is CCn1c(-c2cccnc2[C@H](C)OC)c2c3cc(ccc31)-c1cccc(c1)C[C@H](NC(=O)[C@H](C(C)C)N(C)C(=O)[C@H]1CCN(C(=O)C#C[C@H]3CCO3)C1)C(=O)N1CCC[C@H](N1)C(=O)OCC(C)(C)C2. The van der Waals surface area contributed by atoms with Crippen LogP contribution < -0.4 is 10.7 Å². The first-order valence-electron chi connectivity index (χ1n) is 24.5. The van der Waals surface area contributed by atoms with Gasteiger partial charge in [-0.3, -0.25) is 34.0 Å². The number of aryl methyl sites for hydroxylation is 1. The molecular weight excluding hydrogens is 875 g/mol. The van der Waals surface area contributed by atoms with Crippen molar-refractivity contribution in [1.82, 2.24) is 35.1 Å². The van der Waals surface area contributed by atoms with Crippen LogP contribution in [0.5, 0.6) is 0 Å². The van der Waals surface area contributed by atoms with Crippen molar-refractivity contribution < 1.29 is 38.2 Å². The zero-order valence-corrected chi connectivity index (χ0v) is 41.3. The van der Waals surface area contributed by atoms with Crippen LogP contribution in [0.3, 0.4) is 0 Å². The third kappa shape index (κ3) is 10.6. The summed E-state index contributed by atoms with van der Waals surface area (Å²) in [6, 6.07) is 15.8. The first kappa shape index (κ1) is 49.3. The van der Waals surface area contributed by atoms with E-state index in [0.717, 1.165) is 56.5 Å². The molecule has 0 radical (unpaired) electrons. The topological polar surface area (TPSA) is 165 Å². The van der Waals surface area contributed by atoms with Gasteiger partial charge in [-0.2, -0.15) is 0 Å². The Morgan fingerprint density at radius 2 is 1.81 bits per heavy atom. The molecule has 3 saturated heterocycles. The number of esters is 1. The standard InChI is InChI=1S/C54H67N7O8/c1-9-60-45-19-17-37-29-41(45)42(49(60)40-15-11-23-55-47(40)34(4)67-8)30-54(5,6)32-69-53(66)43-16-12-24-61(57-43)52(65)44(28-35-13-10-14-36(37)27-35)56-50(63)48(33(2)3)58(7)51(64)38-21-25-59(31-38)46(62)20-18-39-22-26-68-39/h10-11,13-15,17,19,23,27,29,33-34,38-39,43-44,48,57H,9,12,16,21-22,24-26,28,30-32H2,1-8H3,(H,56,63)/t34-,38-,39-,43-,44-,48-/m0/s1. The van der Waals surface area contributed by atoms with E-state index in [1.807, 2.05) is 39.0 Å². The molecule has 0 unspecified atom stereocenters. The van der Waals surface area contributed by atoms with Gasteiger partial charge in [0.1, 0.15) is 24.2 Å². The lowest BCUT2D eigenvalue weighted by Gasteiger charge is -2.37. The summed E-state index contributed by atoms with van der Waals surface area (Å²) in [5, 5.41) is 5.58. The predicted molar refractivity (Wildman–Crippen MR) is 262 cm³/mol. The molecule has 2 aromatic carbocycles. The van der Waals surface area contributed by atoms with Crippen molar-refractivity contribution in [3.8, 4) is 34.2 Å². The van der Waals surface area contributed by atoms with Gasteiger partial charge in [-0.25, -0.2) is 5.43 Å². The van der Waals surface area contributed by atoms with Crippen LogP contribution in [0.2, 0.25) is 0 Å². The number of fused-ring (bicyclic) bond motifs is 6. The highest BCUT2D eigenvalue weighted by molar-refractivity contribution is 5.97. The molecule has 4 amide bonds. The largest absolute Gasteiger partial charge is 0.464 e. The quantitative estimate of drug-likeness (QED) is 0.153. The molecule has 15 nitrogen and oxygen atoms in total. The molecule has 4 aliphatic rings. The summed E-state index contributed by atoms with van der Waals surface area (Å²) >= 11 is 0. The van der Waals surface area contributed by atoms with Crippen LogP contribution in [-0.4, -0.2) is 125 Å². The Morgan fingerprint density at radius 1 is 1.03 bits per heavy atom. The molecule has 15 heteroatoms. The Hall–Kier alpha value is -6.08. The Bertz CT molecular complexity index is 2660. The second-order valence-electron chi connectivity index (χ2n) is 20.1. The molecule has 0 spiro atoms. The number of methoxy groups -OCH3 is 1. The minimum Gasteiger partial charge on any atom is -0.464 e. The zero-order chi connectivity index (χ0) is 49.1. The molecule has 3 fully saturated rings. The number of hydrogen-bond donors (Lipinski definition) is 2. The maximum absolute atomic E-state index is 14.8. The summed E-state index contributed by atoms with van der Waals surface area (Å²) in [7, 11) is 3.30. The third-order valence-corrected chi connectivity index (χ3v) is 14.2. The summed E-state index contributed by atoms with van der Waals surface area (Å²) in [6.45, 7) is 14.5. The van der Waals surface area contributed by atoms with Crippen molar-refractivity contribution in [3.05, 3.63) is 77.6 Å². The molecule has 0 aliphatic carbocycles. The van der Waals surface area contributed by atoms with Crippen LogP contribution in [0.25, 0.3) is 33.3 Å². The van der Waals surface area contributed by atoms with Gasteiger partial charge in [0, 0.05) is 81.3 Å². The van der Waals surface area contributed by atoms with Crippen LogP contribution in [0.15, 0.2) is 60.8 Å².